The average molecular weight is 370 g/mol. The van der Waals surface area contributed by atoms with Crippen LogP contribution in [0.2, 0.25) is 0 Å². The Morgan fingerprint density at radius 1 is 0.852 bits per heavy atom. The van der Waals surface area contributed by atoms with Gasteiger partial charge >= 0.3 is 0 Å². The van der Waals surface area contributed by atoms with E-state index in [1.165, 1.54) is 11.3 Å². The van der Waals surface area contributed by atoms with Crippen LogP contribution in [0, 0.1) is 0 Å². The van der Waals surface area contributed by atoms with Crippen LogP contribution in [0.4, 0.5) is 0 Å². The van der Waals surface area contributed by atoms with E-state index in [0.29, 0.717) is 10.5 Å². The first-order chi connectivity index (χ1) is 13.3. The number of aromatic nitrogens is 2. The summed E-state index contributed by atoms with van der Waals surface area (Å²) in [6.45, 7) is 0. The molecular formula is C22H14N2O2S. The first-order valence-electron chi connectivity index (χ1n) is 8.52. The zero-order valence-electron chi connectivity index (χ0n) is 14.2. The maximum atomic E-state index is 13.1. The molecule has 0 aliphatic heterocycles. The summed E-state index contributed by atoms with van der Waals surface area (Å²) in [6.07, 6.45) is 1.66. The Morgan fingerprint density at radius 2 is 1.59 bits per heavy atom. The number of hydrogen-bond donors (Lipinski definition) is 0. The fraction of sp³-hybridized carbons (Fsp3) is 0. The molecule has 0 spiro atoms. The summed E-state index contributed by atoms with van der Waals surface area (Å²) in [6, 6.07) is 25.0. The van der Waals surface area contributed by atoms with E-state index in [1.807, 2.05) is 78.9 Å². The summed E-state index contributed by atoms with van der Waals surface area (Å²) >= 11 is 1.48. The zero-order valence-corrected chi connectivity index (χ0v) is 15.0. The van der Waals surface area contributed by atoms with Gasteiger partial charge in [0.15, 0.2) is 4.96 Å². The summed E-state index contributed by atoms with van der Waals surface area (Å²) in [5.74, 6) is 1.51. The highest BCUT2D eigenvalue weighted by molar-refractivity contribution is 7.23. The Kier molecular flexibility index (Phi) is 3.73. The van der Waals surface area contributed by atoms with E-state index < -0.39 is 0 Å². The minimum absolute atomic E-state index is 0.0609. The number of rotatable bonds is 3. The molecule has 130 valence electrons. The minimum Gasteiger partial charge on any atom is -0.457 e. The second-order valence-electron chi connectivity index (χ2n) is 6.11. The first kappa shape index (κ1) is 15.8. The van der Waals surface area contributed by atoms with Gasteiger partial charge in [-0.3, -0.25) is 9.20 Å². The van der Waals surface area contributed by atoms with Crippen molar-refractivity contribution < 1.29 is 4.74 Å². The predicted octanol–water partition coefficient (Wildman–Crippen LogP) is 5.37. The van der Waals surface area contributed by atoms with Gasteiger partial charge in [-0.2, -0.15) is 0 Å². The van der Waals surface area contributed by atoms with Crippen LogP contribution >= 0.6 is 11.3 Å². The van der Waals surface area contributed by atoms with Gasteiger partial charge in [0.2, 0.25) is 0 Å². The second-order valence-corrected chi connectivity index (χ2v) is 7.12. The number of para-hydroxylation sites is 1. The standard InChI is InChI=1S/C22H14N2O2S/c25-21-18(15-7-3-1-4-8-15)14-23-22-24(21)19-12-11-17(13-20(19)27-22)26-16-9-5-2-6-10-16/h1-14H. The second kappa shape index (κ2) is 6.37. The lowest BCUT2D eigenvalue weighted by molar-refractivity contribution is 0.483. The quantitative estimate of drug-likeness (QED) is 0.429. The Morgan fingerprint density at radius 3 is 2.37 bits per heavy atom. The van der Waals surface area contributed by atoms with Crippen LogP contribution in [0.1, 0.15) is 0 Å². The first-order valence-corrected chi connectivity index (χ1v) is 9.34. The molecular weight excluding hydrogens is 356 g/mol. The van der Waals surface area contributed by atoms with Gasteiger partial charge in [0.1, 0.15) is 11.5 Å². The number of fused-ring (bicyclic) bond motifs is 3. The Hall–Kier alpha value is -3.44. The molecule has 0 saturated carbocycles. The highest BCUT2D eigenvalue weighted by atomic mass is 32.1. The molecule has 2 heterocycles. The molecule has 2 aromatic heterocycles. The van der Waals surface area contributed by atoms with Crippen LogP contribution in [0.25, 0.3) is 26.3 Å². The lowest BCUT2D eigenvalue weighted by atomic mass is 10.1. The Bertz CT molecular complexity index is 1310. The third kappa shape index (κ3) is 2.78. The molecule has 0 aliphatic rings. The molecule has 0 bridgehead atoms. The smallest absolute Gasteiger partial charge is 0.266 e. The molecule has 0 aliphatic carbocycles. The average Bonchev–Trinajstić information content (AvgIpc) is 3.08. The predicted molar refractivity (Wildman–Crippen MR) is 109 cm³/mol. The monoisotopic (exact) mass is 370 g/mol. The van der Waals surface area contributed by atoms with Crippen molar-refractivity contribution in [3.05, 3.63) is 95.4 Å². The highest BCUT2D eigenvalue weighted by Gasteiger charge is 2.13. The van der Waals surface area contributed by atoms with Gasteiger partial charge < -0.3 is 4.74 Å². The van der Waals surface area contributed by atoms with E-state index in [9.17, 15) is 4.79 Å². The Balaban J connectivity index is 1.65. The van der Waals surface area contributed by atoms with E-state index in [2.05, 4.69) is 4.98 Å². The normalized spacial score (nSPS) is 11.1. The maximum absolute atomic E-state index is 13.1. The van der Waals surface area contributed by atoms with Crippen molar-refractivity contribution in [2.24, 2.45) is 0 Å². The minimum atomic E-state index is -0.0609. The van der Waals surface area contributed by atoms with E-state index in [0.717, 1.165) is 27.3 Å². The fourth-order valence-electron chi connectivity index (χ4n) is 3.09. The molecule has 0 amide bonds. The fourth-order valence-corrected chi connectivity index (χ4v) is 4.10. The van der Waals surface area contributed by atoms with Crippen LogP contribution in [-0.2, 0) is 0 Å². The molecule has 27 heavy (non-hydrogen) atoms. The number of ether oxygens (including phenoxy) is 1. The third-order valence-electron chi connectivity index (χ3n) is 4.37. The van der Waals surface area contributed by atoms with Crippen LogP contribution in [-0.4, -0.2) is 9.38 Å². The van der Waals surface area contributed by atoms with Gasteiger partial charge in [-0.1, -0.05) is 59.9 Å². The lowest BCUT2D eigenvalue weighted by Gasteiger charge is -2.05. The van der Waals surface area contributed by atoms with Crippen molar-refractivity contribution >= 4 is 26.5 Å². The van der Waals surface area contributed by atoms with Crippen LogP contribution in [0.3, 0.4) is 0 Å². The molecule has 0 saturated heterocycles. The zero-order chi connectivity index (χ0) is 18.2. The van der Waals surface area contributed by atoms with Gasteiger partial charge in [0.05, 0.1) is 15.8 Å². The molecule has 0 fully saturated rings. The molecule has 4 nitrogen and oxygen atoms in total. The van der Waals surface area contributed by atoms with Gasteiger partial charge in [-0.25, -0.2) is 4.98 Å². The van der Waals surface area contributed by atoms with E-state index in [1.54, 1.807) is 10.6 Å². The molecule has 0 radical (unpaired) electrons. The number of nitrogens with zero attached hydrogens (tertiary/aromatic N) is 2. The summed E-state index contributed by atoms with van der Waals surface area (Å²) in [4.78, 5) is 18.3. The molecule has 0 N–H and O–H groups in total. The van der Waals surface area contributed by atoms with Crippen molar-refractivity contribution in [3.63, 3.8) is 0 Å². The number of thiazole rings is 1. The molecule has 5 rings (SSSR count). The largest absolute Gasteiger partial charge is 0.457 e. The van der Waals surface area contributed by atoms with Crippen molar-refractivity contribution in [1.82, 2.24) is 9.38 Å². The summed E-state index contributed by atoms with van der Waals surface area (Å²) in [7, 11) is 0. The van der Waals surface area contributed by atoms with Gasteiger partial charge in [0.25, 0.3) is 5.56 Å². The summed E-state index contributed by atoms with van der Waals surface area (Å²) in [5, 5.41) is 0. The summed E-state index contributed by atoms with van der Waals surface area (Å²) < 4.78 is 8.54. The van der Waals surface area contributed by atoms with Crippen molar-refractivity contribution in [1.29, 1.82) is 0 Å². The third-order valence-corrected chi connectivity index (χ3v) is 5.38. The van der Waals surface area contributed by atoms with Crippen LogP contribution < -0.4 is 10.3 Å². The molecule has 3 aromatic carbocycles. The van der Waals surface area contributed by atoms with E-state index >= 15 is 0 Å². The maximum Gasteiger partial charge on any atom is 0.266 e. The van der Waals surface area contributed by atoms with E-state index in [-0.39, 0.29) is 5.56 Å². The van der Waals surface area contributed by atoms with Gasteiger partial charge in [-0.15, -0.1) is 0 Å². The van der Waals surface area contributed by atoms with Crippen molar-refractivity contribution in [2.45, 2.75) is 0 Å². The number of hydrogen-bond acceptors (Lipinski definition) is 4. The van der Waals surface area contributed by atoms with Gasteiger partial charge in [0, 0.05) is 12.3 Å². The van der Waals surface area contributed by atoms with Crippen molar-refractivity contribution in [2.75, 3.05) is 0 Å². The molecule has 5 aromatic rings. The molecule has 5 heteroatoms. The van der Waals surface area contributed by atoms with Crippen LogP contribution in [0.5, 0.6) is 11.5 Å². The van der Waals surface area contributed by atoms with Crippen LogP contribution in [0.15, 0.2) is 89.9 Å². The Labute approximate surface area is 158 Å². The van der Waals surface area contributed by atoms with E-state index in [4.69, 9.17) is 4.74 Å². The SMILES string of the molecule is O=c1c(-c2ccccc2)cnc2sc3cc(Oc4ccccc4)ccc3n12. The highest BCUT2D eigenvalue weighted by Crippen LogP contribution is 2.30. The summed E-state index contributed by atoms with van der Waals surface area (Å²) in [5.41, 5.74) is 2.24. The topological polar surface area (TPSA) is 43.6 Å². The van der Waals surface area contributed by atoms with Gasteiger partial charge in [-0.05, 0) is 29.8 Å². The van der Waals surface area contributed by atoms with Crippen molar-refractivity contribution in [3.8, 4) is 22.6 Å². The lowest BCUT2D eigenvalue weighted by Crippen LogP contribution is -2.15. The molecule has 0 unspecified atom stereocenters. The number of benzene rings is 3. The molecule has 0 atom stereocenters.